The number of carbonyl (C=O) groups excluding carboxylic acids is 4. The Hall–Kier alpha value is -3.99. The lowest BCUT2D eigenvalue weighted by atomic mass is 10.0. The van der Waals surface area contributed by atoms with Crippen LogP contribution in [0.1, 0.15) is 120 Å². The number of hydrogen-bond acceptors (Lipinski definition) is 10. The molecule has 2 aromatic rings. The molecular weight excluding hydrogens is 594 g/mol. The van der Waals surface area contributed by atoms with E-state index in [1.807, 2.05) is 0 Å². The maximum atomic E-state index is 14.1. The first-order chi connectivity index (χ1) is 21.6. The second kappa shape index (κ2) is 17.5. The summed E-state index contributed by atoms with van der Waals surface area (Å²) >= 11 is 0. The summed E-state index contributed by atoms with van der Waals surface area (Å²) in [7, 11) is -1.73. The summed E-state index contributed by atoms with van der Waals surface area (Å²) in [5.74, 6) is -2.14. The first kappa shape index (κ1) is 35.5. The lowest BCUT2D eigenvalue weighted by Crippen LogP contribution is -2.26. The Balaban J connectivity index is 1.98. The molecule has 10 nitrogen and oxygen atoms in total. The van der Waals surface area contributed by atoms with Crippen LogP contribution in [0.5, 0.6) is 0 Å². The second-order valence-corrected chi connectivity index (χ2v) is 12.3. The van der Waals surface area contributed by atoms with Crippen molar-refractivity contribution in [2.24, 2.45) is 10.3 Å². The number of fused-ring (bicyclic) bond motifs is 2. The molecule has 0 amide bonds. The summed E-state index contributed by atoms with van der Waals surface area (Å²) in [5.41, 5.74) is 2.10. The van der Waals surface area contributed by atoms with Crippen LogP contribution in [-0.2, 0) is 30.1 Å². The summed E-state index contributed by atoms with van der Waals surface area (Å²) in [5, 5.41) is 7.43. The lowest BCUT2D eigenvalue weighted by molar-refractivity contribution is -0.141. The predicted molar refractivity (Wildman–Crippen MR) is 175 cm³/mol. The fraction of sp³-hybridized carbons (Fsp3) is 0.471. The molecule has 0 bridgehead atoms. The topological polar surface area (TPSA) is 132 Å². The molecule has 0 aliphatic carbocycles. The normalized spacial score (nSPS) is 13.2. The van der Waals surface area contributed by atoms with Gasteiger partial charge in [-0.2, -0.15) is 0 Å². The van der Waals surface area contributed by atoms with Gasteiger partial charge in [0.05, 0.1) is 32.0 Å². The predicted octanol–water partition coefficient (Wildman–Crippen LogP) is 7.47. The van der Waals surface area contributed by atoms with E-state index in [-0.39, 0.29) is 35.4 Å². The standard InChI is InChI=1S/C34H43N3O7S/c1-6-9-10-11-12-13-14-15-20-37-29-18-16-25(33(40)27(7-2)35-43-23(4)38)21-31(29)45(42)32-22-26(17-19-30(32)37)34(41)28(8-3)36-44-24(5)39/h16-19,21-22H,6-15,20H2,1-5H3/b35-27+,36-28+. The van der Waals surface area contributed by atoms with Crippen LogP contribution in [0.3, 0.4) is 0 Å². The molecule has 0 saturated heterocycles. The van der Waals surface area contributed by atoms with Crippen molar-refractivity contribution < 1.29 is 33.1 Å². The van der Waals surface area contributed by atoms with E-state index in [0.717, 1.165) is 30.6 Å². The SMILES string of the molecule is CCCCCCCCCCN1c2ccc(C(=O)/C(CC)=N/OC(C)=O)cc2S(=O)c2cc(C(=O)/C(CC)=N/OC(C)=O)ccc21. The Morgan fingerprint density at radius 3 is 1.49 bits per heavy atom. The van der Waals surface area contributed by atoms with Crippen molar-refractivity contribution in [1.82, 2.24) is 0 Å². The van der Waals surface area contributed by atoms with Crippen molar-refractivity contribution in [3.8, 4) is 0 Å². The number of ketones is 2. The van der Waals surface area contributed by atoms with Crippen LogP contribution in [0.25, 0.3) is 0 Å². The number of benzene rings is 2. The van der Waals surface area contributed by atoms with E-state index >= 15 is 0 Å². The highest BCUT2D eigenvalue weighted by Gasteiger charge is 2.31. The molecule has 0 atom stereocenters. The number of hydrogen-bond donors (Lipinski definition) is 0. The molecule has 0 aromatic heterocycles. The number of oxime groups is 2. The van der Waals surface area contributed by atoms with Crippen LogP contribution >= 0.6 is 0 Å². The molecule has 45 heavy (non-hydrogen) atoms. The number of rotatable bonds is 17. The van der Waals surface area contributed by atoms with E-state index in [9.17, 15) is 23.4 Å². The fourth-order valence-corrected chi connectivity index (χ4v) is 6.49. The molecule has 0 spiro atoms. The monoisotopic (exact) mass is 637 g/mol. The number of unbranched alkanes of at least 4 members (excludes halogenated alkanes) is 7. The molecule has 0 fully saturated rings. The van der Waals surface area contributed by atoms with Crippen LogP contribution in [0, 0.1) is 0 Å². The summed E-state index contributed by atoms with van der Waals surface area (Å²) in [6.45, 7) is 8.73. The molecule has 0 N–H and O–H groups in total. The summed E-state index contributed by atoms with van der Waals surface area (Å²) < 4.78 is 14.1. The van der Waals surface area contributed by atoms with Gasteiger partial charge in [-0.05, 0) is 55.7 Å². The number of carbonyl (C=O) groups is 4. The van der Waals surface area contributed by atoms with Gasteiger partial charge in [0.1, 0.15) is 11.4 Å². The van der Waals surface area contributed by atoms with Gasteiger partial charge >= 0.3 is 11.9 Å². The Morgan fingerprint density at radius 2 is 1.09 bits per heavy atom. The number of anilines is 2. The zero-order valence-corrected chi connectivity index (χ0v) is 27.7. The summed E-state index contributed by atoms with van der Waals surface area (Å²) in [6.07, 6.45) is 9.72. The van der Waals surface area contributed by atoms with E-state index in [1.165, 1.54) is 46.0 Å². The lowest BCUT2D eigenvalue weighted by Gasteiger charge is -2.33. The van der Waals surface area contributed by atoms with Gasteiger partial charge in [0.2, 0.25) is 11.6 Å². The fourth-order valence-electron chi connectivity index (χ4n) is 5.05. The van der Waals surface area contributed by atoms with E-state index < -0.39 is 34.3 Å². The molecule has 0 radical (unpaired) electrons. The van der Waals surface area contributed by atoms with Crippen LogP contribution in [0.2, 0.25) is 0 Å². The Morgan fingerprint density at radius 1 is 0.667 bits per heavy atom. The molecule has 2 aromatic carbocycles. The highest BCUT2D eigenvalue weighted by molar-refractivity contribution is 7.85. The van der Waals surface area contributed by atoms with E-state index in [0.29, 0.717) is 16.3 Å². The number of nitrogens with zero attached hydrogens (tertiary/aromatic N) is 3. The van der Waals surface area contributed by atoms with Crippen molar-refractivity contribution in [2.45, 2.75) is 109 Å². The van der Waals surface area contributed by atoms with Crippen LogP contribution in [0.4, 0.5) is 11.4 Å². The zero-order chi connectivity index (χ0) is 32.9. The first-order valence-electron chi connectivity index (χ1n) is 15.7. The molecule has 1 aliphatic heterocycles. The van der Waals surface area contributed by atoms with Gasteiger partial charge in [-0.1, -0.05) is 76.0 Å². The van der Waals surface area contributed by atoms with Crippen molar-refractivity contribution in [2.75, 3.05) is 11.4 Å². The zero-order valence-electron chi connectivity index (χ0n) is 26.8. The largest absolute Gasteiger partial charge is 0.339 e. The molecule has 11 heteroatoms. The van der Waals surface area contributed by atoms with Crippen LogP contribution < -0.4 is 4.90 Å². The van der Waals surface area contributed by atoms with Crippen molar-refractivity contribution >= 4 is 57.1 Å². The summed E-state index contributed by atoms with van der Waals surface area (Å²) in [6, 6.07) is 10.1. The van der Waals surface area contributed by atoms with Gasteiger partial charge in [0.15, 0.2) is 0 Å². The maximum Gasteiger partial charge on any atom is 0.331 e. The third-order valence-corrected chi connectivity index (χ3v) is 8.88. The average Bonchev–Trinajstić information content (AvgIpc) is 3.03. The molecule has 1 heterocycles. The first-order valence-corrected chi connectivity index (χ1v) is 16.8. The third kappa shape index (κ3) is 9.50. The maximum absolute atomic E-state index is 14.1. The van der Waals surface area contributed by atoms with Crippen molar-refractivity contribution in [3.63, 3.8) is 0 Å². The van der Waals surface area contributed by atoms with E-state index in [4.69, 9.17) is 9.68 Å². The third-order valence-electron chi connectivity index (χ3n) is 7.42. The van der Waals surface area contributed by atoms with E-state index in [2.05, 4.69) is 22.1 Å². The minimum absolute atomic E-state index is 0.0648. The Kier molecular flexibility index (Phi) is 13.8. The quantitative estimate of drug-likeness (QED) is 0.0574. The van der Waals surface area contributed by atoms with Crippen LogP contribution in [-0.4, -0.2) is 45.7 Å². The Labute approximate surface area is 267 Å². The van der Waals surface area contributed by atoms with Gasteiger partial charge in [-0.3, -0.25) is 9.59 Å². The van der Waals surface area contributed by atoms with Gasteiger partial charge in [0, 0.05) is 31.5 Å². The van der Waals surface area contributed by atoms with Crippen molar-refractivity contribution in [3.05, 3.63) is 47.5 Å². The molecule has 1 aliphatic rings. The van der Waals surface area contributed by atoms with Gasteiger partial charge in [-0.25, -0.2) is 13.8 Å². The van der Waals surface area contributed by atoms with Gasteiger partial charge in [-0.15, -0.1) is 0 Å². The highest BCUT2D eigenvalue weighted by atomic mass is 32.2. The summed E-state index contributed by atoms with van der Waals surface area (Å²) in [4.78, 5) is 61.5. The molecule has 0 saturated carbocycles. The Bertz CT molecular complexity index is 1400. The highest BCUT2D eigenvalue weighted by Crippen LogP contribution is 2.43. The molecule has 3 rings (SSSR count). The molecule has 0 unspecified atom stereocenters. The molecular formula is C34H43N3O7S. The van der Waals surface area contributed by atoms with Crippen molar-refractivity contribution in [1.29, 1.82) is 0 Å². The van der Waals surface area contributed by atoms with Gasteiger partial charge in [0.25, 0.3) is 0 Å². The minimum Gasteiger partial charge on any atom is -0.339 e. The van der Waals surface area contributed by atoms with Gasteiger partial charge < -0.3 is 14.6 Å². The van der Waals surface area contributed by atoms with Crippen LogP contribution in [0.15, 0.2) is 56.5 Å². The van der Waals surface area contributed by atoms with E-state index in [1.54, 1.807) is 50.2 Å². The minimum atomic E-state index is -1.73. The number of Topliss-reactive ketones (excluding diaryl/α,β-unsaturated/α-hetero) is 2. The second-order valence-electron chi connectivity index (χ2n) is 10.9. The molecule has 242 valence electrons. The smallest absolute Gasteiger partial charge is 0.331 e. The average molecular weight is 638 g/mol.